The molecule has 1 aliphatic carbocycles. The lowest BCUT2D eigenvalue weighted by atomic mass is 9.90. The minimum absolute atomic E-state index is 0.309. The van der Waals surface area contributed by atoms with Crippen LogP contribution in [-0.4, -0.2) is 83.9 Å². The quantitative estimate of drug-likeness (QED) is 0.416. The van der Waals surface area contributed by atoms with E-state index in [2.05, 4.69) is 98.6 Å². The molecule has 2 aliphatic rings. The zero-order valence-electron chi connectivity index (χ0n) is 22.0. The third kappa shape index (κ3) is 12.8. The zero-order valence-corrected chi connectivity index (χ0v) is 23.6. The average Bonchev–Trinajstić information content (AvgIpc) is 2.71. The van der Waals surface area contributed by atoms with Crippen molar-refractivity contribution in [2.75, 3.05) is 44.2 Å². The van der Waals surface area contributed by atoms with Crippen LogP contribution in [0.15, 0.2) is 0 Å². The number of thioether (sulfide) groups is 2. The molecule has 1 aliphatic heterocycles. The molecule has 5 nitrogen and oxygen atoms in total. The van der Waals surface area contributed by atoms with E-state index in [1.54, 1.807) is 0 Å². The van der Waals surface area contributed by atoms with Gasteiger partial charge in [0.15, 0.2) is 0 Å². The standard InChI is InChI=1S/C25H53N5S2/c1-19-14-28-21(18-32-25(5,6)7)16-30-23-11-9-8-10-22(23)29-15-20(27-13-12-26-19)17-31-24(2,3)4/h19-23,26-30H,8-18H2,1-7H3/t19-,20-,21-,22-,23-/m1/s1. The Morgan fingerprint density at radius 1 is 0.625 bits per heavy atom. The fourth-order valence-corrected chi connectivity index (χ4v) is 6.17. The van der Waals surface area contributed by atoms with Gasteiger partial charge in [0, 0.05) is 83.9 Å². The Morgan fingerprint density at radius 3 is 1.59 bits per heavy atom. The van der Waals surface area contributed by atoms with Crippen LogP contribution < -0.4 is 26.6 Å². The van der Waals surface area contributed by atoms with Crippen LogP contribution in [0, 0.1) is 0 Å². The van der Waals surface area contributed by atoms with Gasteiger partial charge in [0.2, 0.25) is 0 Å². The van der Waals surface area contributed by atoms with Gasteiger partial charge in [-0.3, -0.25) is 0 Å². The largest absolute Gasteiger partial charge is 0.312 e. The van der Waals surface area contributed by atoms with E-state index in [1.807, 2.05) is 0 Å². The molecule has 5 N–H and O–H groups in total. The molecule has 5 atom stereocenters. The second kappa shape index (κ2) is 14.2. The monoisotopic (exact) mass is 487 g/mol. The summed E-state index contributed by atoms with van der Waals surface area (Å²) in [7, 11) is 0. The number of rotatable bonds is 4. The first-order valence-electron chi connectivity index (χ1n) is 13.0. The van der Waals surface area contributed by atoms with Crippen molar-refractivity contribution in [1.29, 1.82) is 0 Å². The lowest BCUT2D eigenvalue weighted by Gasteiger charge is -2.36. The molecule has 1 saturated heterocycles. The van der Waals surface area contributed by atoms with E-state index in [0.717, 1.165) is 44.2 Å². The first-order valence-corrected chi connectivity index (χ1v) is 14.9. The summed E-state index contributed by atoms with van der Waals surface area (Å²) in [6.07, 6.45) is 5.30. The van der Waals surface area contributed by atoms with Gasteiger partial charge in [0.05, 0.1) is 0 Å². The smallest absolute Gasteiger partial charge is 0.0284 e. The van der Waals surface area contributed by atoms with Crippen molar-refractivity contribution >= 4 is 23.5 Å². The van der Waals surface area contributed by atoms with Crippen molar-refractivity contribution in [3.63, 3.8) is 0 Å². The van der Waals surface area contributed by atoms with Crippen molar-refractivity contribution in [3.05, 3.63) is 0 Å². The van der Waals surface area contributed by atoms with Crippen LogP contribution in [0.3, 0.4) is 0 Å². The summed E-state index contributed by atoms with van der Waals surface area (Å²) >= 11 is 4.15. The molecule has 0 amide bonds. The van der Waals surface area contributed by atoms with Crippen LogP contribution in [0.25, 0.3) is 0 Å². The summed E-state index contributed by atoms with van der Waals surface area (Å²) in [5.41, 5.74) is 0. The molecule has 0 radical (unpaired) electrons. The van der Waals surface area contributed by atoms with Crippen molar-refractivity contribution in [1.82, 2.24) is 26.6 Å². The van der Waals surface area contributed by atoms with Gasteiger partial charge in [0.1, 0.15) is 0 Å². The minimum atomic E-state index is 0.309. The highest BCUT2D eigenvalue weighted by molar-refractivity contribution is 8.00. The van der Waals surface area contributed by atoms with E-state index in [4.69, 9.17) is 0 Å². The van der Waals surface area contributed by atoms with E-state index >= 15 is 0 Å². The molecule has 0 aromatic heterocycles. The van der Waals surface area contributed by atoms with E-state index in [0.29, 0.717) is 39.7 Å². The second-order valence-corrected chi connectivity index (χ2v) is 15.5. The van der Waals surface area contributed by atoms with Crippen molar-refractivity contribution in [2.24, 2.45) is 0 Å². The molecule has 2 fully saturated rings. The van der Waals surface area contributed by atoms with E-state index in [1.165, 1.54) is 25.7 Å². The first kappa shape index (κ1) is 28.7. The van der Waals surface area contributed by atoms with Crippen molar-refractivity contribution in [3.8, 4) is 0 Å². The van der Waals surface area contributed by atoms with Crippen LogP contribution in [0.5, 0.6) is 0 Å². The predicted molar refractivity (Wildman–Crippen MR) is 148 cm³/mol. The number of hydrogen-bond donors (Lipinski definition) is 5. The maximum absolute atomic E-state index is 3.98. The first-order chi connectivity index (χ1) is 15.0. The van der Waals surface area contributed by atoms with Gasteiger partial charge in [-0.1, -0.05) is 54.4 Å². The Morgan fingerprint density at radius 2 is 1.09 bits per heavy atom. The third-order valence-electron chi connectivity index (χ3n) is 6.22. The third-order valence-corrected chi connectivity index (χ3v) is 9.09. The summed E-state index contributed by atoms with van der Waals surface area (Å²) < 4.78 is 0.620. The maximum Gasteiger partial charge on any atom is 0.0284 e. The molecule has 0 aromatic carbocycles. The van der Waals surface area contributed by atoms with Gasteiger partial charge >= 0.3 is 0 Å². The Balaban J connectivity index is 2.01. The van der Waals surface area contributed by atoms with Crippen molar-refractivity contribution < 1.29 is 0 Å². The topological polar surface area (TPSA) is 60.1 Å². The molecule has 190 valence electrons. The summed E-state index contributed by atoms with van der Waals surface area (Å²) in [4.78, 5) is 0. The Bertz CT molecular complexity index is 506. The SMILES string of the molecule is C[C@@H]1CN[C@@H](CSC(C)(C)C)CN[C@@H]2CCCC[C@H]2NC[C@H](CSC(C)(C)C)NCCN1. The molecule has 1 heterocycles. The average molecular weight is 488 g/mol. The van der Waals surface area contributed by atoms with Crippen molar-refractivity contribution in [2.45, 2.75) is 114 Å². The lowest BCUT2D eigenvalue weighted by molar-refractivity contribution is 0.272. The molecular formula is C25H53N5S2. The molecule has 32 heavy (non-hydrogen) atoms. The van der Waals surface area contributed by atoms with E-state index in [-0.39, 0.29) is 0 Å². The molecule has 2 rings (SSSR count). The predicted octanol–water partition coefficient (Wildman–Crippen LogP) is 3.45. The normalized spacial score (nSPS) is 32.5. The number of nitrogens with one attached hydrogen (secondary N) is 5. The Labute approximate surface area is 207 Å². The summed E-state index contributed by atoms with van der Waals surface area (Å²) in [6.45, 7) is 21.4. The molecule has 0 spiro atoms. The minimum Gasteiger partial charge on any atom is -0.312 e. The molecular weight excluding hydrogens is 434 g/mol. The highest BCUT2D eigenvalue weighted by atomic mass is 32.2. The molecule has 1 saturated carbocycles. The molecule has 0 unspecified atom stereocenters. The van der Waals surface area contributed by atoms with Gasteiger partial charge in [0.25, 0.3) is 0 Å². The summed E-state index contributed by atoms with van der Waals surface area (Å²) in [5.74, 6) is 2.31. The van der Waals surface area contributed by atoms with Gasteiger partial charge in [-0.05, 0) is 19.8 Å². The van der Waals surface area contributed by atoms with Gasteiger partial charge in [-0.15, -0.1) is 0 Å². The maximum atomic E-state index is 3.98. The second-order valence-electron chi connectivity index (χ2n) is 11.8. The van der Waals surface area contributed by atoms with Crippen LogP contribution in [0.2, 0.25) is 0 Å². The fraction of sp³-hybridized carbons (Fsp3) is 1.00. The molecule has 0 aromatic rings. The van der Waals surface area contributed by atoms with Gasteiger partial charge < -0.3 is 26.6 Å². The zero-order chi connectivity index (χ0) is 23.6. The summed E-state index contributed by atoms with van der Waals surface area (Å²) in [6, 6.07) is 2.67. The Kier molecular flexibility index (Phi) is 12.7. The van der Waals surface area contributed by atoms with Gasteiger partial charge in [-0.25, -0.2) is 0 Å². The lowest BCUT2D eigenvalue weighted by Crippen LogP contribution is -2.55. The van der Waals surface area contributed by atoms with Crippen LogP contribution in [0.4, 0.5) is 0 Å². The van der Waals surface area contributed by atoms with Gasteiger partial charge in [-0.2, -0.15) is 23.5 Å². The summed E-state index contributed by atoms with van der Waals surface area (Å²) in [5, 5.41) is 19.4. The molecule has 7 heteroatoms. The number of hydrogen-bond acceptors (Lipinski definition) is 7. The number of fused-ring (bicyclic) bond motifs is 1. The Hall–Kier alpha value is 0.500. The van der Waals surface area contributed by atoms with Crippen LogP contribution in [0.1, 0.15) is 74.1 Å². The molecule has 0 bridgehead atoms. The van der Waals surface area contributed by atoms with E-state index < -0.39 is 0 Å². The highest BCUT2D eigenvalue weighted by Gasteiger charge is 2.27. The fourth-order valence-electron chi connectivity index (χ4n) is 4.30. The van der Waals surface area contributed by atoms with Crippen LogP contribution in [-0.2, 0) is 0 Å². The highest BCUT2D eigenvalue weighted by Crippen LogP contribution is 2.25. The van der Waals surface area contributed by atoms with Crippen LogP contribution >= 0.6 is 23.5 Å². The van der Waals surface area contributed by atoms with E-state index in [9.17, 15) is 0 Å².